The third-order valence-corrected chi connectivity index (χ3v) is 6.21. The van der Waals surface area contributed by atoms with Crippen LogP contribution in [0.5, 0.6) is 0 Å². The molecule has 1 aromatic heterocycles. The van der Waals surface area contributed by atoms with Crippen molar-refractivity contribution in [2.45, 2.75) is 70.9 Å². The fraction of sp³-hybridized carbons (Fsp3) is 0.538. The minimum atomic E-state index is -0.740. The van der Waals surface area contributed by atoms with Crippen LogP contribution in [0.1, 0.15) is 69.2 Å². The monoisotopic (exact) mass is 441 g/mol. The highest BCUT2D eigenvalue weighted by Gasteiger charge is 2.32. The summed E-state index contributed by atoms with van der Waals surface area (Å²) < 4.78 is 11.6. The zero-order valence-electron chi connectivity index (χ0n) is 19.2. The molecule has 0 radical (unpaired) electrons. The summed E-state index contributed by atoms with van der Waals surface area (Å²) in [5, 5.41) is 8.72. The van der Waals surface area contributed by atoms with Gasteiger partial charge in [-0.15, -0.1) is 0 Å². The van der Waals surface area contributed by atoms with E-state index in [0.29, 0.717) is 31.1 Å². The number of amides is 1. The Morgan fingerprint density at radius 1 is 1.12 bits per heavy atom. The molecule has 0 aliphatic heterocycles. The molecule has 1 aliphatic carbocycles. The van der Waals surface area contributed by atoms with Crippen molar-refractivity contribution in [1.29, 1.82) is 0 Å². The van der Waals surface area contributed by atoms with Gasteiger partial charge in [0.15, 0.2) is 0 Å². The summed E-state index contributed by atoms with van der Waals surface area (Å²) in [5.74, 6) is 0.433. The van der Waals surface area contributed by atoms with Crippen molar-refractivity contribution >= 4 is 11.9 Å². The predicted octanol–water partition coefficient (Wildman–Crippen LogP) is 5.63. The number of carboxylic acid groups (broad SMARTS) is 1. The number of rotatable bonds is 12. The molecule has 2 aromatic rings. The molecule has 1 heterocycles. The van der Waals surface area contributed by atoms with E-state index in [1.165, 1.54) is 0 Å². The lowest BCUT2D eigenvalue weighted by atomic mass is 10.0. The zero-order chi connectivity index (χ0) is 22.9. The lowest BCUT2D eigenvalue weighted by molar-refractivity contribution is -0.137. The summed E-state index contributed by atoms with van der Waals surface area (Å²) in [4.78, 5) is 25.8. The van der Waals surface area contributed by atoms with Crippen molar-refractivity contribution in [2.75, 3.05) is 13.2 Å². The van der Waals surface area contributed by atoms with Crippen LogP contribution in [0.25, 0.3) is 11.3 Å². The number of carboxylic acids is 1. The Bertz CT molecular complexity index is 844. The van der Waals surface area contributed by atoms with E-state index in [1.54, 1.807) is 6.26 Å². The SMILES string of the molecule is CC(C)N(CC1CCCC1OCCCCCC(=O)O)C(=O)c1ccc(-c2ccco2)cc1. The molecule has 174 valence electrons. The molecule has 6 nitrogen and oxygen atoms in total. The number of carbonyl (C=O) groups excluding carboxylic acids is 1. The number of hydrogen-bond acceptors (Lipinski definition) is 4. The fourth-order valence-corrected chi connectivity index (χ4v) is 4.39. The number of benzene rings is 1. The van der Waals surface area contributed by atoms with Crippen LogP contribution in [0.4, 0.5) is 0 Å². The molecule has 2 atom stereocenters. The molecular weight excluding hydrogens is 406 g/mol. The van der Waals surface area contributed by atoms with Crippen LogP contribution in [0.2, 0.25) is 0 Å². The van der Waals surface area contributed by atoms with Gasteiger partial charge in [-0.2, -0.15) is 0 Å². The third-order valence-electron chi connectivity index (χ3n) is 6.21. The first-order valence-corrected chi connectivity index (χ1v) is 11.7. The molecule has 32 heavy (non-hydrogen) atoms. The normalized spacial score (nSPS) is 18.2. The van der Waals surface area contributed by atoms with Gasteiger partial charge in [-0.3, -0.25) is 9.59 Å². The Balaban J connectivity index is 1.54. The minimum Gasteiger partial charge on any atom is -0.481 e. The summed E-state index contributed by atoms with van der Waals surface area (Å²) in [6.07, 6.45) is 7.69. The van der Waals surface area contributed by atoms with Gasteiger partial charge in [0.05, 0.1) is 12.4 Å². The first-order chi connectivity index (χ1) is 15.5. The second-order valence-electron chi connectivity index (χ2n) is 8.91. The lowest BCUT2D eigenvalue weighted by Crippen LogP contribution is -2.42. The van der Waals surface area contributed by atoms with Crippen molar-refractivity contribution in [3.63, 3.8) is 0 Å². The molecule has 0 bridgehead atoms. The highest BCUT2D eigenvalue weighted by molar-refractivity contribution is 5.94. The lowest BCUT2D eigenvalue weighted by Gasteiger charge is -2.32. The molecule has 1 aromatic carbocycles. The van der Waals surface area contributed by atoms with E-state index in [2.05, 4.69) is 13.8 Å². The molecule has 1 N–H and O–H groups in total. The molecule has 0 spiro atoms. The standard InChI is InChI=1S/C26H35NO5/c1-19(2)27(26(30)21-14-12-20(13-15-21)23-10-7-17-32-23)18-22-8-6-9-24(22)31-16-5-3-4-11-25(28)29/h7,10,12-15,17,19,22,24H,3-6,8-9,11,16,18H2,1-2H3,(H,28,29). The Hall–Kier alpha value is -2.60. The van der Waals surface area contributed by atoms with E-state index < -0.39 is 5.97 Å². The third kappa shape index (κ3) is 6.70. The second-order valence-corrected chi connectivity index (χ2v) is 8.91. The van der Waals surface area contributed by atoms with Crippen molar-refractivity contribution in [3.8, 4) is 11.3 Å². The van der Waals surface area contributed by atoms with Crippen molar-refractivity contribution in [2.24, 2.45) is 5.92 Å². The Kier molecular flexibility index (Phi) is 8.91. The maximum atomic E-state index is 13.3. The molecule has 1 saturated carbocycles. The van der Waals surface area contributed by atoms with Gasteiger partial charge in [0.1, 0.15) is 5.76 Å². The second kappa shape index (κ2) is 11.9. The Morgan fingerprint density at radius 3 is 2.56 bits per heavy atom. The average Bonchev–Trinajstić information content (AvgIpc) is 3.46. The van der Waals surface area contributed by atoms with Crippen LogP contribution < -0.4 is 0 Å². The highest BCUT2D eigenvalue weighted by Crippen LogP contribution is 2.30. The Labute approximate surface area is 190 Å². The molecule has 0 saturated heterocycles. The van der Waals surface area contributed by atoms with Crippen LogP contribution in [0, 0.1) is 5.92 Å². The first kappa shape index (κ1) is 24.1. The van der Waals surface area contributed by atoms with Gasteiger partial charge in [-0.05, 0) is 63.8 Å². The zero-order valence-corrected chi connectivity index (χ0v) is 19.2. The number of aliphatic carboxylic acids is 1. The summed E-state index contributed by atoms with van der Waals surface area (Å²) in [7, 11) is 0. The van der Waals surface area contributed by atoms with Crippen molar-refractivity contribution < 1.29 is 23.8 Å². The molecule has 1 amide bonds. The van der Waals surface area contributed by atoms with Gasteiger partial charge in [-0.25, -0.2) is 0 Å². The summed E-state index contributed by atoms with van der Waals surface area (Å²) in [6.45, 7) is 5.47. The minimum absolute atomic E-state index is 0.0466. The quantitative estimate of drug-likeness (QED) is 0.432. The maximum absolute atomic E-state index is 13.3. The van der Waals surface area contributed by atoms with Gasteiger partial charge < -0.3 is 19.2 Å². The van der Waals surface area contributed by atoms with E-state index in [1.807, 2.05) is 41.3 Å². The maximum Gasteiger partial charge on any atom is 0.303 e. The Morgan fingerprint density at radius 2 is 1.91 bits per heavy atom. The fourth-order valence-electron chi connectivity index (χ4n) is 4.39. The van der Waals surface area contributed by atoms with Crippen molar-refractivity contribution in [3.05, 3.63) is 48.2 Å². The summed E-state index contributed by atoms with van der Waals surface area (Å²) >= 11 is 0. The molecule has 1 aliphatic rings. The molecule has 3 rings (SSSR count). The van der Waals surface area contributed by atoms with Gasteiger partial charge >= 0.3 is 5.97 Å². The van der Waals surface area contributed by atoms with E-state index >= 15 is 0 Å². The summed E-state index contributed by atoms with van der Waals surface area (Å²) in [5.41, 5.74) is 1.64. The van der Waals surface area contributed by atoms with Gasteiger partial charge in [0.2, 0.25) is 0 Å². The molecule has 6 heteroatoms. The van der Waals surface area contributed by atoms with Crippen LogP contribution in [-0.4, -0.2) is 47.2 Å². The van der Waals surface area contributed by atoms with E-state index in [-0.39, 0.29) is 24.5 Å². The van der Waals surface area contributed by atoms with Gasteiger partial charge in [-0.1, -0.05) is 25.0 Å². The number of unbranched alkanes of at least 4 members (excludes halogenated alkanes) is 2. The predicted molar refractivity (Wildman–Crippen MR) is 124 cm³/mol. The van der Waals surface area contributed by atoms with E-state index in [4.69, 9.17) is 14.3 Å². The van der Waals surface area contributed by atoms with E-state index in [9.17, 15) is 9.59 Å². The summed E-state index contributed by atoms with van der Waals surface area (Å²) in [6, 6.07) is 11.5. The molecule has 1 fully saturated rings. The largest absolute Gasteiger partial charge is 0.481 e. The van der Waals surface area contributed by atoms with Crippen LogP contribution in [0.15, 0.2) is 47.1 Å². The first-order valence-electron chi connectivity index (χ1n) is 11.7. The number of hydrogen-bond donors (Lipinski definition) is 1. The van der Waals surface area contributed by atoms with Crippen molar-refractivity contribution in [1.82, 2.24) is 4.90 Å². The highest BCUT2D eigenvalue weighted by atomic mass is 16.5. The topological polar surface area (TPSA) is 80.0 Å². The average molecular weight is 442 g/mol. The number of furan rings is 1. The molecular formula is C26H35NO5. The van der Waals surface area contributed by atoms with Gasteiger partial charge in [0.25, 0.3) is 5.91 Å². The van der Waals surface area contributed by atoms with Gasteiger partial charge in [0, 0.05) is 42.7 Å². The smallest absolute Gasteiger partial charge is 0.303 e. The van der Waals surface area contributed by atoms with Crippen LogP contribution in [-0.2, 0) is 9.53 Å². The number of nitrogens with zero attached hydrogens (tertiary/aromatic N) is 1. The van der Waals surface area contributed by atoms with E-state index in [0.717, 1.165) is 43.4 Å². The van der Waals surface area contributed by atoms with Crippen LogP contribution >= 0.6 is 0 Å². The molecule has 2 unspecified atom stereocenters. The number of carbonyl (C=O) groups is 2. The number of ether oxygens (including phenoxy) is 1. The van der Waals surface area contributed by atoms with Crippen LogP contribution in [0.3, 0.4) is 0 Å².